The maximum atomic E-state index is 13.0. The van der Waals surface area contributed by atoms with Crippen molar-refractivity contribution in [3.63, 3.8) is 0 Å². The van der Waals surface area contributed by atoms with Crippen LogP contribution in [-0.2, 0) is 4.79 Å². The number of nitrogens with one attached hydrogen (secondary N) is 3. The summed E-state index contributed by atoms with van der Waals surface area (Å²) in [5.41, 5.74) is 2.92. The lowest BCUT2D eigenvalue weighted by Gasteiger charge is -2.11. The molecule has 0 spiro atoms. The second-order valence-corrected chi connectivity index (χ2v) is 10.6. The summed E-state index contributed by atoms with van der Waals surface area (Å²) < 4.78 is -1.33. The van der Waals surface area contributed by atoms with Gasteiger partial charge in [0, 0.05) is 38.6 Å². The average molecular weight is 567 g/mol. The largest absolute Gasteiger partial charge is 0.465 e. The molecular weight excluding hydrogens is 548 g/mol. The van der Waals surface area contributed by atoms with Crippen molar-refractivity contribution in [3.8, 4) is 0 Å². The van der Waals surface area contributed by atoms with Crippen molar-refractivity contribution in [1.29, 1.82) is 0 Å². The van der Waals surface area contributed by atoms with Gasteiger partial charge in [0.15, 0.2) is 0 Å². The molecule has 7 nitrogen and oxygen atoms in total. The number of halogens is 4. The first-order chi connectivity index (χ1) is 17.0. The number of rotatable bonds is 6. The topological polar surface area (TPSA) is 108 Å². The zero-order valence-electron chi connectivity index (χ0n) is 18.6. The van der Waals surface area contributed by atoms with Crippen LogP contribution in [-0.4, -0.2) is 27.3 Å². The lowest BCUT2D eigenvalue weighted by atomic mass is 10.1. The Bertz CT molecular complexity index is 1360. The summed E-state index contributed by atoms with van der Waals surface area (Å²) in [5.74, 6) is -2.05. The van der Waals surface area contributed by atoms with Crippen molar-refractivity contribution < 1.29 is 19.5 Å². The van der Waals surface area contributed by atoms with Gasteiger partial charge >= 0.3 is 6.09 Å². The van der Waals surface area contributed by atoms with Gasteiger partial charge < -0.3 is 15.7 Å². The van der Waals surface area contributed by atoms with E-state index in [1.54, 1.807) is 55.5 Å². The van der Waals surface area contributed by atoms with Gasteiger partial charge in [-0.15, -0.1) is 23.2 Å². The summed E-state index contributed by atoms with van der Waals surface area (Å²) in [4.78, 5) is 36.6. The molecule has 3 amide bonds. The molecule has 0 aliphatic heterocycles. The highest BCUT2D eigenvalue weighted by molar-refractivity contribution is 6.53. The van der Waals surface area contributed by atoms with Crippen molar-refractivity contribution in [2.45, 2.75) is 17.2 Å². The number of carbonyl (C=O) groups excluding carboxylic acids is 2. The zero-order chi connectivity index (χ0) is 26.2. The number of hydrogen-bond acceptors (Lipinski definition) is 3. The molecule has 3 aromatic carbocycles. The minimum absolute atomic E-state index is 0.303. The molecule has 11 heteroatoms. The van der Waals surface area contributed by atoms with Crippen molar-refractivity contribution >= 4 is 81.4 Å². The minimum atomic E-state index is -1.33. The molecule has 0 saturated heterocycles. The summed E-state index contributed by atoms with van der Waals surface area (Å²) in [6, 6.07) is 16.1. The normalized spacial score (nSPS) is 17.7. The maximum Gasteiger partial charge on any atom is 0.409 e. The van der Waals surface area contributed by atoms with Crippen LogP contribution in [0.1, 0.15) is 27.4 Å². The van der Waals surface area contributed by atoms with E-state index in [9.17, 15) is 14.4 Å². The molecule has 1 aliphatic carbocycles. The minimum Gasteiger partial charge on any atom is -0.465 e. The van der Waals surface area contributed by atoms with E-state index in [0.29, 0.717) is 43.8 Å². The van der Waals surface area contributed by atoms with Crippen molar-refractivity contribution in [1.82, 2.24) is 0 Å². The highest BCUT2D eigenvalue weighted by atomic mass is 35.5. The van der Waals surface area contributed by atoms with E-state index >= 15 is 0 Å². The van der Waals surface area contributed by atoms with Crippen LogP contribution in [0, 0.1) is 12.8 Å². The van der Waals surface area contributed by atoms with Crippen LogP contribution >= 0.6 is 46.4 Å². The lowest BCUT2D eigenvalue weighted by molar-refractivity contribution is -0.117. The van der Waals surface area contributed by atoms with Gasteiger partial charge in [-0.3, -0.25) is 14.9 Å². The van der Waals surface area contributed by atoms with E-state index in [1.165, 1.54) is 12.1 Å². The van der Waals surface area contributed by atoms with Gasteiger partial charge in [-0.1, -0.05) is 29.3 Å². The first-order valence-electron chi connectivity index (χ1n) is 10.6. The molecule has 1 saturated carbocycles. The molecule has 36 heavy (non-hydrogen) atoms. The summed E-state index contributed by atoms with van der Waals surface area (Å²) >= 11 is 25.0. The third-order valence-corrected chi connectivity index (χ3v) is 7.07. The van der Waals surface area contributed by atoms with E-state index in [2.05, 4.69) is 16.0 Å². The zero-order valence-corrected chi connectivity index (χ0v) is 21.6. The van der Waals surface area contributed by atoms with Crippen molar-refractivity contribution in [2.75, 3.05) is 16.0 Å². The number of carboxylic acid groups (broad SMARTS) is 1. The summed E-state index contributed by atoms with van der Waals surface area (Å²) in [6.45, 7) is 1.74. The number of aryl methyl sites for hydroxylation is 1. The van der Waals surface area contributed by atoms with Crippen LogP contribution in [0.2, 0.25) is 10.0 Å². The predicted octanol–water partition coefficient (Wildman–Crippen LogP) is 7.17. The highest BCUT2D eigenvalue weighted by Crippen LogP contribution is 2.65. The second-order valence-electron chi connectivity index (χ2n) is 8.32. The molecule has 186 valence electrons. The van der Waals surface area contributed by atoms with Gasteiger partial charge in [0.05, 0.1) is 5.92 Å². The molecular formula is C25H19Cl4N3O4. The molecule has 2 unspecified atom stereocenters. The Balaban J connectivity index is 1.45. The van der Waals surface area contributed by atoms with Crippen LogP contribution in [0.25, 0.3) is 0 Å². The molecule has 3 aromatic rings. The quantitative estimate of drug-likeness (QED) is 0.237. The van der Waals surface area contributed by atoms with Crippen LogP contribution in [0.3, 0.4) is 0 Å². The monoisotopic (exact) mass is 565 g/mol. The molecule has 0 aromatic heterocycles. The Kier molecular flexibility index (Phi) is 7.38. The van der Waals surface area contributed by atoms with Gasteiger partial charge in [0.2, 0.25) is 5.91 Å². The third kappa shape index (κ3) is 5.71. The fraction of sp³-hybridized carbons (Fsp3) is 0.160. The average Bonchev–Trinajstić information content (AvgIpc) is 3.37. The van der Waals surface area contributed by atoms with E-state index in [0.717, 1.165) is 0 Å². The van der Waals surface area contributed by atoms with Crippen molar-refractivity contribution in [3.05, 3.63) is 87.4 Å². The van der Waals surface area contributed by atoms with Crippen LogP contribution in [0.5, 0.6) is 0 Å². The number of anilines is 3. The van der Waals surface area contributed by atoms with E-state index in [1.807, 2.05) is 0 Å². The summed E-state index contributed by atoms with van der Waals surface area (Å²) in [6.07, 6.45) is -1.18. The maximum absolute atomic E-state index is 13.0. The predicted molar refractivity (Wildman–Crippen MR) is 143 cm³/mol. The highest BCUT2D eigenvalue weighted by Gasteiger charge is 2.67. The van der Waals surface area contributed by atoms with E-state index < -0.39 is 34.1 Å². The van der Waals surface area contributed by atoms with E-state index in [-0.39, 0.29) is 0 Å². The summed E-state index contributed by atoms with van der Waals surface area (Å²) in [7, 11) is 0. The van der Waals surface area contributed by atoms with Gasteiger partial charge in [-0.2, -0.15) is 0 Å². The molecule has 1 fully saturated rings. The molecule has 1 aliphatic rings. The Morgan fingerprint density at radius 1 is 0.861 bits per heavy atom. The molecule has 0 bridgehead atoms. The molecule has 4 rings (SSSR count). The van der Waals surface area contributed by atoms with E-state index in [4.69, 9.17) is 51.5 Å². The summed E-state index contributed by atoms with van der Waals surface area (Å²) in [5, 5.41) is 17.5. The standard InChI is InChI=1S/C25H19Cl4N3O4/c1-12-7-18(31-24(35)36)5-6-19(12)32-22(33)13-3-2-4-17(10-13)30-23(34)21-20(25(21,28)29)14-8-15(26)11-16(27)9-14/h2-11,20-21,31H,1H3,(H,30,34)(H,32,33)(H,35,36). The van der Waals surface area contributed by atoms with Crippen molar-refractivity contribution in [2.24, 2.45) is 5.92 Å². The first-order valence-corrected chi connectivity index (χ1v) is 12.1. The second kappa shape index (κ2) is 10.2. The smallest absolute Gasteiger partial charge is 0.409 e. The third-order valence-electron chi connectivity index (χ3n) is 5.70. The number of benzene rings is 3. The Morgan fingerprint density at radius 3 is 2.17 bits per heavy atom. The Hall–Kier alpha value is -2.97. The fourth-order valence-corrected chi connectivity index (χ4v) is 5.35. The number of carbonyl (C=O) groups is 3. The first kappa shape index (κ1) is 26.1. The number of alkyl halides is 2. The van der Waals surface area contributed by atoms with Gasteiger partial charge in [-0.25, -0.2) is 4.79 Å². The fourth-order valence-electron chi connectivity index (χ4n) is 3.98. The molecule has 2 atom stereocenters. The Labute approximate surface area is 226 Å². The van der Waals surface area contributed by atoms with Crippen LogP contribution in [0.15, 0.2) is 60.7 Å². The Morgan fingerprint density at radius 2 is 1.53 bits per heavy atom. The molecule has 0 radical (unpaired) electrons. The number of amides is 3. The van der Waals surface area contributed by atoms with Gasteiger partial charge in [0.1, 0.15) is 4.33 Å². The molecule has 4 N–H and O–H groups in total. The van der Waals surface area contributed by atoms with Gasteiger partial charge in [0.25, 0.3) is 5.91 Å². The lowest BCUT2D eigenvalue weighted by Crippen LogP contribution is -2.18. The van der Waals surface area contributed by atoms with Gasteiger partial charge in [-0.05, 0) is 72.6 Å². The molecule has 0 heterocycles. The van der Waals surface area contributed by atoms with Crippen LogP contribution < -0.4 is 16.0 Å². The van der Waals surface area contributed by atoms with Crippen LogP contribution in [0.4, 0.5) is 21.9 Å². The SMILES string of the molecule is Cc1cc(NC(=O)O)ccc1NC(=O)c1cccc(NC(=O)C2C(c3cc(Cl)cc(Cl)c3)C2(Cl)Cl)c1. The number of hydrogen-bond donors (Lipinski definition) is 4.